The van der Waals surface area contributed by atoms with E-state index >= 15 is 0 Å². The normalized spacial score (nSPS) is 11.9. The van der Waals surface area contributed by atoms with Crippen LogP contribution in [-0.4, -0.2) is 23.7 Å². The SMILES string of the molecule is CC(C)COC(=O)c1ccc2c3ccc(C(=O)O)c4c(Br)ccc(c5ccc(Br)c1c52)c43. The number of carbonyl (C=O) groups is 2. The molecule has 0 aliphatic carbocycles. The van der Waals surface area contributed by atoms with E-state index < -0.39 is 5.97 Å². The van der Waals surface area contributed by atoms with E-state index in [1.807, 2.05) is 50.2 Å². The number of hydrogen-bond donors (Lipinski definition) is 1. The summed E-state index contributed by atoms with van der Waals surface area (Å²) < 4.78 is 7.09. The van der Waals surface area contributed by atoms with E-state index in [0.29, 0.717) is 17.6 Å². The van der Waals surface area contributed by atoms with Crippen LogP contribution in [0.1, 0.15) is 34.6 Å². The molecule has 5 aromatic rings. The minimum atomic E-state index is -0.968. The van der Waals surface area contributed by atoms with Crippen molar-refractivity contribution in [2.75, 3.05) is 6.61 Å². The van der Waals surface area contributed by atoms with Gasteiger partial charge in [0.05, 0.1) is 17.7 Å². The number of fused-ring (bicyclic) bond motifs is 2. The Labute approximate surface area is 200 Å². The summed E-state index contributed by atoms with van der Waals surface area (Å²) in [5.41, 5.74) is 0.764. The summed E-state index contributed by atoms with van der Waals surface area (Å²) in [4.78, 5) is 24.9. The Balaban J connectivity index is 1.95. The second kappa shape index (κ2) is 7.71. The van der Waals surface area contributed by atoms with E-state index in [1.165, 1.54) is 0 Å². The van der Waals surface area contributed by atoms with Gasteiger partial charge in [-0.3, -0.25) is 0 Å². The van der Waals surface area contributed by atoms with Crippen LogP contribution >= 0.6 is 31.9 Å². The lowest BCUT2D eigenvalue weighted by molar-refractivity contribution is 0.0461. The zero-order chi connectivity index (χ0) is 22.7. The Bertz CT molecular complexity index is 1550. The topological polar surface area (TPSA) is 63.6 Å². The first kappa shape index (κ1) is 21.2. The average molecular weight is 554 g/mol. The van der Waals surface area contributed by atoms with Crippen LogP contribution in [-0.2, 0) is 4.74 Å². The number of halogens is 2. The number of ether oxygens (including phenoxy) is 1. The summed E-state index contributed by atoms with van der Waals surface area (Å²) in [6.45, 7) is 4.36. The van der Waals surface area contributed by atoms with Gasteiger partial charge in [0.1, 0.15) is 0 Å². The van der Waals surface area contributed by atoms with E-state index in [1.54, 1.807) is 12.1 Å². The molecule has 0 unspecified atom stereocenters. The van der Waals surface area contributed by atoms with E-state index in [4.69, 9.17) is 4.74 Å². The van der Waals surface area contributed by atoms with Crippen LogP contribution in [0, 0.1) is 5.92 Å². The molecule has 0 fully saturated rings. The largest absolute Gasteiger partial charge is 0.478 e. The summed E-state index contributed by atoms with van der Waals surface area (Å²) in [6.07, 6.45) is 0. The van der Waals surface area contributed by atoms with Crippen molar-refractivity contribution in [1.29, 1.82) is 0 Å². The van der Waals surface area contributed by atoms with Crippen LogP contribution in [0.5, 0.6) is 0 Å². The fraction of sp³-hybridized carbons (Fsp3) is 0.154. The highest BCUT2D eigenvalue weighted by atomic mass is 79.9. The molecule has 0 heterocycles. The van der Waals surface area contributed by atoms with Gasteiger partial charge >= 0.3 is 11.9 Å². The Kier molecular flexibility index (Phi) is 5.10. The summed E-state index contributed by atoms with van der Waals surface area (Å²) in [5, 5.41) is 16.9. The fourth-order valence-electron chi connectivity index (χ4n) is 4.47. The van der Waals surface area contributed by atoms with Gasteiger partial charge in [0.15, 0.2) is 0 Å². The van der Waals surface area contributed by atoms with Crippen molar-refractivity contribution in [1.82, 2.24) is 0 Å². The molecule has 4 nitrogen and oxygen atoms in total. The molecule has 0 aliphatic rings. The lowest BCUT2D eigenvalue weighted by atomic mass is 9.87. The summed E-state index contributed by atoms with van der Waals surface area (Å²) in [6, 6.07) is 15.1. The summed E-state index contributed by atoms with van der Waals surface area (Å²) >= 11 is 7.20. The van der Waals surface area contributed by atoms with Crippen molar-refractivity contribution in [2.24, 2.45) is 5.92 Å². The molecule has 0 radical (unpaired) electrons. The fourth-order valence-corrected chi connectivity index (χ4v) is 5.56. The van der Waals surface area contributed by atoms with Gasteiger partial charge < -0.3 is 9.84 Å². The highest BCUT2D eigenvalue weighted by Crippen LogP contribution is 2.45. The van der Waals surface area contributed by atoms with E-state index in [2.05, 4.69) is 31.9 Å². The number of carbonyl (C=O) groups excluding carboxylic acids is 1. The van der Waals surface area contributed by atoms with Crippen LogP contribution in [0.25, 0.3) is 43.1 Å². The van der Waals surface area contributed by atoms with Gasteiger partial charge in [-0.05, 0) is 62.5 Å². The van der Waals surface area contributed by atoms with Gasteiger partial charge in [-0.25, -0.2) is 9.59 Å². The first-order chi connectivity index (χ1) is 15.3. The van der Waals surface area contributed by atoms with E-state index in [-0.39, 0.29) is 17.5 Å². The predicted molar refractivity (Wildman–Crippen MR) is 135 cm³/mol. The standard InChI is InChI=1S/C26H18Br2O4/c1-12(2)11-32-26(31)18-6-4-14-13-3-5-17(25(29)30)23-19(27)9-7-15(21(13)23)16-8-10-20(28)24(18)22(14)16/h3-10,12H,11H2,1-2H3,(H,29,30). The van der Waals surface area contributed by atoms with Gasteiger partial charge in [0, 0.05) is 19.7 Å². The third kappa shape index (κ3) is 3.08. The smallest absolute Gasteiger partial charge is 0.338 e. The van der Waals surface area contributed by atoms with Crippen LogP contribution in [0.15, 0.2) is 57.5 Å². The van der Waals surface area contributed by atoms with Crippen molar-refractivity contribution in [3.63, 3.8) is 0 Å². The zero-order valence-corrected chi connectivity index (χ0v) is 20.5. The van der Waals surface area contributed by atoms with Crippen molar-refractivity contribution < 1.29 is 19.4 Å². The van der Waals surface area contributed by atoms with Crippen LogP contribution in [0.3, 0.4) is 0 Å². The molecule has 5 aromatic carbocycles. The molecule has 0 aromatic heterocycles. The Morgan fingerprint density at radius 3 is 1.66 bits per heavy atom. The van der Waals surface area contributed by atoms with Crippen molar-refractivity contribution in [3.05, 3.63) is 68.6 Å². The maximum Gasteiger partial charge on any atom is 0.338 e. The minimum absolute atomic E-state index is 0.244. The van der Waals surface area contributed by atoms with Crippen molar-refractivity contribution in [2.45, 2.75) is 13.8 Å². The number of benzene rings is 5. The third-order valence-electron chi connectivity index (χ3n) is 5.80. The molecule has 5 rings (SSSR count). The molecule has 1 N–H and O–H groups in total. The molecule has 32 heavy (non-hydrogen) atoms. The maximum atomic E-state index is 12.9. The van der Waals surface area contributed by atoms with Crippen LogP contribution < -0.4 is 0 Å². The highest BCUT2D eigenvalue weighted by molar-refractivity contribution is 9.11. The molecule has 0 aliphatic heterocycles. The summed E-state index contributed by atoms with van der Waals surface area (Å²) in [7, 11) is 0. The molecule has 0 amide bonds. The predicted octanol–water partition coefficient (Wildman–Crippen LogP) is 7.77. The third-order valence-corrected chi connectivity index (χ3v) is 7.12. The molecule has 0 spiro atoms. The number of carboxylic acids is 1. The number of hydrogen-bond acceptors (Lipinski definition) is 3. The molecule has 0 bridgehead atoms. The second-order valence-electron chi connectivity index (χ2n) is 8.31. The Hall–Kier alpha value is -2.70. The maximum absolute atomic E-state index is 12.9. The Morgan fingerprint density at radius 1 is 0.750 bits per heavy atom. The van der Waals surface area contributed by atoms with Crippen LogP contribution in [0.2, 0.25) is 0 Å². The van der Waals surface area contributed by atoms with Gasteiger partial charge in [0.25, 0.3) is 0 Å². The molecule has 160 valence electrons. The first-order valence-electron chi connectivity index (χ1n) is 10.2. The molecule has 0 atom stereocenters. The van der Waals surface area contributed by atoms with Crippen molar-refractivity contribution >= 4 is 86.9 Å². The Morgan fingerprint density at radius 2 is 1.19 bits per heavy atom. The number of rotatable bonds is 4. The molecular weight excluding hydrogens is 536 g/mol. The van der Waals surface area contributed by atoms with Crippen LogP contribution in [0.4, 0.5) is 0 Å². The summed E-state index contributed by atoms with van der Waals surface area (Å²) in [5.74, 6) is -1.07. The average Bonchev–Trinajstić information content (AvgIpc) is 2.77. The monoisotopic (exact) mass is 552 g/mol. The van der Waals surface area contributed by atoms with Crippen molar-refractivity contribution in [3.8, 4) is 0 Å². The first-order valence-corrected chi connectivity index (χ1v) is 11.8. The lowest BCUT2D eigenvalue weighted by Crippen LogP contribution is -2.11. The van der Waals surface area contributed by atoms with Gasteiger partial charge in [-0.15, -0.1) is 0 Å². The zero-order valence-electron chi connectivity index (χ0n) is 17.3. The van der Waals surface area contributed by atoms with E-state index in [0.717, 1.165) is 46.6 Å². The number of carboxylic acid groups (broad SMARTS) is 1. The minimum Gasteiger partial charge on any atom is -0.478 e. The highest BCUT2D eigenvalue weighted by Gasteiger charge is 2.22. The lowest BCUT2D eigenvalue weighted by Gasteiger charge is -2.18. The molecule has 0 saturated heterocycles. The number of aromatic carboxylic acids is 1. The molecule has 6 heteroatoms. The second-order valence-corrected chi connectivity index (χ2v) is 10.0. The van der Waals surface area contributed by atoms with Gasteiger partial charge in [0.2, 0.25) is 0 Å². The molecular formula is C26H18Br2O4. The van der Waals surface area contributed by atoms with Gasteiger partial charge in [-0.1, -0.05) is 70.0 Å². The number of esters is 1. The molecule has 0 saturated carbocycles. The van der Waals surface area contributed by atoms with Gasteiger partial charge in [-0.2, -0.15) is 0 Å². The quantitative estimate of drug-likeness (QED) is 0.140. The van der Waals surface area contributed by atoms with E-state index in [9.17, 15) is 14.7 Å².